The van der Waals surface area contributed by atoms with E-state index < -0.39 is 0 Å². The number of nitrogens with zero attached hydrogens (tertiary/aromatic N) is 10. The van der Waals surface area contributed by atoms with Gasteiger partial charge < -0.3 is 83.9 Å². The second kappa shape index (κ2) is 74.4. The van der Waals surface area contributed by atoms with Crippen LogP contribution >= 0.6 is 157 Å². The van der Waals surface area contributed by atoms with Gasteiger partial charge in [0.2, 0.25) is 0 Å². The fourth-order valence-electron chi connectivity index (χ4n) is 21.7. The molecular weight excluding hydrogens is 2130 g/mol. The van der Waals surface area contributed by atoms with Gasteiger partial charge in [0.25, 0.3) is 0 Å². The Hall–Kier alpha value is -3.91. The highest BCUT2D eigenvalue weighted by Gasteiger charge is 2.41. The fourth-order valence-corrected chi connectivity index (χ4v) is 23.9. The van der Waals surface area contributed by atoms with Crippen LogP contribution in [0.2, 0.25) is 42.0 Å². The summed E-state index contributed by atoms with van der Waals surface area (Å²) in [5.74, 6) is 9.20. The van der Waals surface area contributed by atoms with Crippen molar-refractivity contribution in [1.29, 1.82) is 0 Å². The average molecular weight is 2300 g/mol. The molecule has 0 saturated carbocycles. The highest BCUT2D eigenvalue weighted by Crippen LogP contribution is 2.42. The lowest BCUT2D eigenvalue weighted by Crippen LogP contribution is -2.45. The summed E-state index contributed by atoms with van der Waals surface area (Å²) in [4.78, 5) is 71.3. The van der Waals surface area contributed by atoms with E-state index in [1.165, 1.54) is 113 Å². The zero-order valence-electron chi connectivity index (χ0n) is 90.1. The number of benzene rings is 7. The average Bonchev–Trinajstić information content (AvgIpc) is 0.817. The Labute approximate surface area is 964 Å². The quantitative estimate of drug-likeness (QED) is 0.00587. The lowest BCUT2D eigenvalue weighted by molar-refractivity contribution is -0.148. The molecule has 21 nitrogen and oxygen atoms in total. The van der Waals surface area contributed by atoms with Crippen molar-refractivity contribution in [2.24, 2.45) is 41.4 Å². The summed E-state index contributed by atoms with van der Waals surface area (Å²) in [5, 5.41) is 15.7. The maximum atomic E-state index is 11.9. The minimum Gasteiger partial charge on any atom is -0.469 e. The van der Waals surface area contributed by atoms with E-state index in [0.29, 0.717) is 35.5 Å². The van der Waals surface area contributed by atoms with Gasteiger partial charge in [-0.1, -0.05) is 173 Å². The molecule has 149 heavy (non-hydrogen) atoms. The van der Waals surface area contributed by atoms with Gasteiger partial charge >= 0.3 is 23.9 Å². The first-order valence-corrected chi connectivity index (χ1v) is 59.2. The van der Waals surface area contributed by atoms with Crippen LogP contribution in [0, 0.1) is 41.4 Å². The lowest BCUT2D eigenvalue weighted by Gasteiger charge is -2.40. The monoisotopic (exact) mass is 2300 g/mol. The molecule has 3 N–H and O–H groups in total. The second-order valence-corrected chi connectivity index (χ2v) is 46.0. The smallest absolute Gasteiger partial charge is 0.310 e. The number of likely N-dealkylation sites (tertiary alicyclic amines) is 7. The second-order valence-electron chi connectivity index (χ2n) is 40.3. The third-order valence-corrected chi connectivity index (χ3v) is 32.6. The van der Waals surface area contributed by atoms with Gasteiger partial charge in [-0.3, -0.25) is 19.2 Å². The summed E-state index contributed by atoms with van der Waals surface area (Å²) in [6.45, 7) is 31.1. The van der Waals surface area contributed by atoms with Crippen molar-refractivity contribution in [2.75, 3.05) is 302 Å². The third kappa shape index (κ3) is 47.3. The van der Waals surface area contributed by atoms with Gasteiger partial charge in [-0.05, 0) is 323 Å². The number of halogens is 7. The van der Waals surface area contributed by atoms with Crippen LogP contribution in [0.1, 0.15) is 125 Å². The molecule has 14 rings (SSSR count). The Kier molecular flexibility index (Phi) is 65.9. The molecule has 14 atom stereocenters. The number of rotatable bonds is 38. The van der Waals surface area contributed by atoms with Crippen LogP contribution in [0.4, 0.5) is 0 Å². The van der Waals surface area contributed by atoms with Crippen molar-refractivity contribution in [3.05, 3.63) is 244 Å². The van der Waals surface area contributed by atoms with E-state index in [2.05, 4.69) is 206 Å². The van der Waals surface area contributed by atoms with E-state index in [-0.39, 0.29) is 71.2 Å². The molecule has 0 bridgehead atoms. The molecule has 0 spiro atoms. The summed E-state index contributed by atoms with van der Waals surface area (Å²) in [7, 11) is 25.2. The summed E-state index contributed by atoms with van der Waals surface area (Å²) < 4.78 is 19.7. The fraction of sp³-hybridized carbons (Fsp3) is 0.596. The van der Waals surface area contributed by atoms with Crippen molar-refractivity contribution in [1.82, 2.24) is 64.9 Å². The Morgan fingerprint density at radius 3 is 0.584 bits per heavy atom. The zero-order valence-corrected chi connectivity index (χ0v) is 101. The number of nitrogens with one attached hydrogen (secondary N) is 3. The number of esters is 4. The predicted octanol–water partition coefficient (Wildman–Crippen LogP) is 19.8. The Bertz CT molecular complexity index is 4290. The topological polar surface area (TPSA) is 174 Å². The van der Waals surface area contributed by atoms with Crippen molar-refractivity contribution in [2.45, 2.75) is 93.2 Å². The summed E-state index contributed by atoms with van der Waals surface area (Å²) in [5.41, 5.74) is 8.97. The molecule has 35 heteroatoms. The Balaban J connectivity index is 0.000000236. The van der Waals surface area contributed by atoms with Gasteiger partial charge in [0.1, 0.15) is 0 Å². The number of hydrogen-bond donors (Lipinski definition) is 9. The number of methoxy groups -OCH3 is 4. The number of ether oxygens (including phenoxy) is 4. The van der Waals surface area contributed by atoms with Crippen LogP contribution < -0.4 is 16.0 Å². The molecule has 12 unspecified atom stereocenters. The minimum atomic E-state index is -0.124. The number of piperidine rings is 7. The molecule has 7 aromatic carbocycles. The number of thiol groups is 6. The zero-order chi connectivity index (χ0) is 109. The van der Waals surface area contributed by atoms with Crippen molar-refractivity contribution >= 4 is 189 Å². The normalized spacial score (nSPS) is 23.0. The molecule has 7 saturated heterocycles. The van der Waals surface area contributed by atoms with Gasteiger partial charge in [0.05, 0.1) is 60.0 Å². The summed E-state index contributed by atoms with van der Waals surface area (Å²) in [6, 6.07) is 56.5. The van der Waals surface area contributed by atoms with E-state index in [4.69, 9.17) is 100 Å². The number of hydrogen-bond acceptors (Lipinski definition) is 27. The van der Waals surface area contributed by atoms with Gasteiger partial charge in [-0.2, -0.15) is 75.8 Å². The maximum Gasteiger partial charge on any atom is 0.310 e. The molecule has 828 valence electrons. The van der Waals surface area contributed by atoms with E-state index in [9.17, 15) is 19.2 Å². The van der Waals surface area contributed by atoms with Gasteiger partial charge in [-0.15, -0.1) is 0 Å². The third-order valence-electron chi connectivity index (χ3n) is 29.6. The Morgan fingerprint density at radius 1 is 0.262 bits per heavy atom. The van der Waals surface area contributed by atoms with Gasteiger partial charge in [0, 0.05) is 214 Å². The standard InChI is InChI=1S/3C19H32ClN3S2.4C14H18ClNO2.CH3B/c3*1-22-9-6-19(16-2-4-18(20)5-3-16)17(14-22)15-23(11-13-25)10-7-21-8-12-24;4*1-16-8-7-12(13(9-16)14(17)18-2)10-3-5-11(15)6-4-10;1-2/h3*2-5,17,19,21,24-25H,6-15H2,1H3;4*3-6,12-13H,7-9H2,1-2H3;1H3/t17-,19?;;;12?,13-;;;;/m1..0..../s1. The first-order chi connectivity index (χ1) is 71.9. The van der Waals surface area contributed by atoms with Crippen LogP contribution in [0.15, 0.2) is 170 Å². The van der Waals surface area contributed by atoms with Gasteiger partial charge in [-0.25, -0.2) is 0 Å². The van der Waals surface area contributed by atoms with E-state index in [1.54, 1.807) is 0 Å². The number of carbonyl (C=O) groups excluding carboxylic acids is 4. The molecular formula is C114H171BCl7N13O8S6. The maximum absolute atomic E-state index is 11.9. The number of carbonyl (C=O) groups is 4. The van der Waals surface area contributed by atoms with Crippen molar-refractivity contribution < 1.29 is 38.1 Å². The molecule has 2 radical (unpaired) electrons. The summed E-state index contributed by atoms with van der Waals surface area (Å²) in [6.07, 6.45) is 7.53. The SMILES string of the molecule is CN1CCC(c2ccc(Cl)cc2)C(CN(CCS)CCNCCS)C1.CN1CCC(c2ccc(Cl)cc2)C(CN(CCS)CCNCCS)C1.CN1CCC(c2ccc(Cl)cc2)[C@@H](CN(CCS)CCNCCS)C1.COC(=O)C1CN(C)CCC1c1ccc(Cl)cc1.COC(=O)C1CN(C)CCC1c1ccc(Cl)cc1.COC(=O)C1CN(C)CCC1c1ccc(Cl)cc1.COC(=O)[C@H]1CN(C)CCC1c1ccc(Cl)cc1.[B]C. The molecule has 7 aliphatic heterocycles. The first-order valence-electron chi connectivity index (χ1n) is 52.8. The van der Waals surface area contributed by atoms with Gasteiger partial charge in [0.15, 0.2) is 0 Å². The molecule has 0 aromatic heterocycles. The first kappa shape index (κ1) is 132. The minimum absolute atomic E-state index is 0.0880. The van der Waals surface area contributed by atoms with E-state index >= 15 is 0 Å². The molecule has 7 heterocycles. The highest BCUT2D eigenvalue weighted by molar-refractivity contribution is 7.81. The molecule has 0 aliphatic carbocycles. The van der Waals surface area contributed by atoms with Crippen LogP contribution in [0.3, 0.4) is 0 Å². The van der Waals surface area contributed by atoms with E-state index in [1.807, 2.05) is 162 Å². The molecule has 7 aromatic rings. The summed E-state index contributed by atoms with van der Waals surface area (Å²) >= 11 is 68.0. The van der Waals surface area contributed by atoms with Crippen LogP contribution in [0.5, 0.6) is 0 Å². The van der Waals surface area contributed by atoms with Crippen LogP contribution in [0.25, 0.3) is 0 Å². The molecule has 7 aliphatic rings. The van der Waals surface area contributed by atoms with Crippen LogP contribution in [-0.4, -0.2) is 383 Å². The van der Waals surface area contributed by atoms with Crippen LogP contribution in [-0.2, 0) is 38.1 Å². The largest absolute Gasteiger partial charge is 0.469 e. The Morgan fingerprint density at radius 2 is 0.423 bits per heavy atom. The highest BCUT2D eigenvalue weighted by atomic mass is 35.5. The van der Waals surface area contributed by atoms with E-state index in [0.717, 1.165) is 266 Å². The lowest BCUT2D eigenvalue weighted by atomic mass is 9.80. The molecule has 0 amide bonds. The predicted molar refractivity (Wildman–Crippen MR) is 649 cm³/mol. The van der Waals surface area contributed by atoms with Crippen molar-refractivity contribution in [3.63, 3.8) is 0 Å². The van der Waals surface area contributed by atoms with Crippen molar-refractivity contribution in [3.8, 4) is 0 Å². The molecule has 7 fully saturated rings.